The fourth-order valence-electron chi connectivity index (χ4n) is 2.15. The smallest absolute Gasteiger partial charge is 0.275 e. The quantitative estimate of drug-likeness (QED) is 0.510. The van der Waals surface area contributed by atoms with Crippen LogP contribution < -0.4 is 11.0 Å². The molecule has 2 aromatic carbocycles. The third-order valence-corrected chi connectivity index (χ3v) is 3.30. The summed E-state index contributed by atoms with van der Waals surface area (Å²) in [5.41, 5.74) is 3.14. The van der Waals surface area contributed by atoms with E-state index in [1.54, 1.807) is 24.3 Å². The molecule has 1 amide bonds. The van der Waals surface area contributed by atoms with E-state index in [0.717, 1.165) is 10.9 Å². The van der Waals surface area contributed by atoms with Gasteiger partial charge >= 0.3 is 0 Å². The van der Waals surface area contributed by atoms with Gasteiger partial charge in [-0.2, -0.15) is 5.10 Å². The van der Waals surface area contributed by atoms with E-state index in [0.29, 0.717) is 5.56 Å². The number of amides is 1. The number of aromatic hydroxyl groups is 1. The number of para-hydroxylation sites is 2. The van der Waals surface area contributed by atoms with Crippen LogP contribution in [0.15, 0.2) is 64.5 Å². The summed E-state index contributed by atoms with van der Waals surface area (Å²) in [6, 6.07) is 15.2. The third kappa shape index (κ3) is 3.11. The highest BCUT2D eigenvalue weighted by Gasteiger charge is 2.08. The molecule has 0 saturated heterocycles. The summed E-state index contributed by atoms with van der Waals surface area (Å²) in [4.78, 5) is 26.6. The van der Waals surface area contributed by atoms with E-state index in [2.05, 4.69) is 15.5 Å². The van der Waals surface area contributed by atoms with Crippen LogP contribution in [0.2, 0.25) is 0 Å². The maximum atomic E-state index is 11.9. The largest absolute Gasteiger partial charge is 0.507 e. The molecule has 0 radical (unpaired) electrons. The second kappa shape index (κ2) is 6.15. The molecule has 1 heterocycles. The second-order valence-corrected chi connectivity index (χ2v) is 4.86. The first kappa shape index (κ1) is 14.5. The van der Waals surface area contributed by atoms with Crippen LogP contribution in [0.1, 0.15) is 15.9 Å². The molecule has 23 heavy (non-hydrogen) atoms. The molecule has 114 valence electrons. The van der Waals surface area contributed by atoms with Gasteiger partial charge in [0.2, 0.25) is 0 Å². The predicted octanol–water partition coefficient (Wildman–Crippen LogP) is 2.00. The van der Waals surface area contributed by atoms with Gasteiger partial charge in [0.1, 0.15) is 5.75 Å². The molecule has 0 atom stereocenters. The van der Waals surface area contributed by atoms with Gasteiger partial charge in [0.15, 0.2) is 0 Å². The van der Waals surface area contributed by atoms with Crippen LogP contribution in [-0.2, 0) is 0 Å². The monoisotopic (exact) mass is 307 g/mol. The average molecular weight is 307 g/mol. The minimum atomic E-state index is -0.559. The van der Waals surface area contributed by atoms with Gasteiger partial charge in [-0.1, -0.05) is 30.3 Å². The molecule has 0 saturated carbocycles. The summed E-state index contributed by atoms with van der Waals surface area (Å²) in [7, 11) is 0. The fourth-order valence-corrected chi connectivity index (χ4v) is 2.15. The summed E-state index contributed by atoms with van der Waals surface area (Å²) >= 11 is 0. The molecule has 6 heteroatoms. The number of benzene rings is 2. The molecule has 3 rings (SSSR count). The number of hydrogen-bond acceptors (Lipinski definition) is 4. The van der Waals surface area contributed by atoms with Gasteiger partial charge in [-0.05, 0) is 29.7 Å². The molecule has 0 aliphatic rings. The first-order valence-electron chi connectivity index (χ1n) is 6.88. The summed E-state index contributed by atoms with van der Waals surface area (Å²) in [5.74, 6) is -0.694. The zero-order chi connectivity index (χ0) is 16.2. The highest BCUT2D eigenvalue weighted by molar-refractivity contribution is 5.97. The molecule has 0 aliphatic heterocycles. The lowest BCUT2D eigenvalue weighted by atomic mass is 10.2. The molecule has 1 aromatic heterocycles. The zero-order valence-corrected chi connectivity index (χ0v) is 12.0. The first-order valence-corrected chi connectivity index (χ1v) is 6.88. The normalized spacial score (nSPS) is 11.0. The Labute approximate surface area is 131 Å². The van der Waals surface area contributed by atoms with E-state index in [1.165, 1.54) is 18.3 Å². The van der Waals surface area contributed by atoms with E-state index in [9.17, 15) is 14.7 Å². The average Bonchev–Trinajstić information content (AvgIpc) is 2.55. The van der Waals surface area contributed by atoms with E-state index >= 15 is 0 Å². The van der Waals surface area contributed by atoms with Crippen molar-refractivity contribution < 1.29 is 9.90 Å². The molecule has 0 aliphatic carbocycles. The van der Waals surface area contributed by atoms with Gasteiger partial charge in [0, 0.05) is 5.52 Å². The Balaban J connectivity index is 1.81. The summed E-state index contributed by atoms with van der Waals surface area (Å²) in [6.07, 6.45) is 1.27. The van der Waals surface area contributed by atoms with Crippen molar-refractivity contribution in [1.29, 1.82) is 0 Å². The lowest BCUT2D eigenvalue weighted by Gasteiger charge is -2.02. The van der Waals surface area contributed by atoms with Crippen LogP contribution in [0.4, 0.5) is 0 Å². The second-order valence-electron chi connectivity index (χ2n) is 4.86. The first-order chi connectivity index (χ1) is 11.1. The third-order valence-electron chi connectivity index (χ3n) is 3.30. The van der Waals surface area contributed by atoms with Gasteiger partial charge in [-0.3, -0.25) is 9.59 Å². The number of aromatic amines is 1. The number of phenols is 1. The van der Waals surface area contributed by atoms with E-state index in [-0.39, 0.29) is 16.9 Å². The van der Waals surface area contributed by atoms with Crippen molar-refractivity contribution in [3.63, 3.8) is 0 Å². The van der Waals surface area contributed by atoms with Gasteiger partial charge in [-0.15, -0.1) is 0 Å². The molecule has 3 aromatic rings. The highest BCUT2D eigenvalue weighted by atomic mass is 16.3. The van der Waals surface area contributed by atoms with Crippen molar-refractivity contribution in [2.75, 3.05) is 0 Å². The minimum absolute atomic E-state index is 0.108. The van der Waals surface area contributed by atoms with Crippen molar-refractivity contribution >= 4 is 23.0 Å². The lowest BCUT2D eigenvalue weighted by molar-refractivity contribution is 0.0952. The Hall–Kier alpha value is -3.41. The Morgan fingerprint density at radius 1 is 1.13 bits per heavy atom. The lowest BCUT2D eigenvalue weighted by Crippen LogP contribution is -2.19. The van der Waals surface area contributed by atoms with E-state index in [4.69, 9.17) is 0 Å². The molecular formula is C17H13N3O3. The van der Waals surface area contributed by atoms with Crippen LogP contribution in [-0.4, -0.2) is 22.2 Å². The molecule has 0 bridgehead atoms. The van der Waals surface area contributed by atoms with Crippen LogP contribution >= 0.6 is 0 Å². The Morgan fingerprint density at radius 2 is 1.87 bits per heavy atom. The number of carbonyl (C=O) groups is 1. The number of rotatable bonds is 3. The van der Waals surface area contributed by atoms with Crippen LogP contribution in [0.25, 0.3) is 10.9 Å². The highest BCUT2D eigenvalue weighted by Crippen LogP contribution is 2.14. The number of H-pyrrole nitrogens is 1. The van der Waals surface area contributed by atoms with E-state index in [1.807, 2.05) is 18.2 Å². The minimum Gasteiger partial charge on any atom is -0.507 e. The number of phenolic OH excluding ortho intramolecular Hbond substituents is 1. The summed E-state index contributed by atoms with van der Waals surface area (Å²) < 4.78 is 0. The van der Waals surface area contributed by atoms with Crippen LogP contribution in [0.5, 0.6) is 5.75 Å². The molecule has 0 spiro atoms. The number of nitrogens with one attached hydrogen (secondary N) is 2. The molecular weight excluding hydrogens is 294 g/mol. The summed E-state index contributed by atoms with van der Waals surface area (Å²) in [5, 5.41) is 14.2. The summed E-state index contributed by atoms with van der Waals surface area (Å²) in [6.45, 7) is 0. The van der Waals surface area contributed by atoms with Crippen molar-refractivity contribution in [1.82, 2.24) is 10.4 Å². The molecule has 0 unspecified atom stereocenters. The maximum absolute atomic E-state index is 11.9. The number of fused-ring (bicyclic) bond motifs is 1. The topological polar surface area (TPSA) is 94.5 Å². The molecule has 3 N–H and O–H groups in total. The number of hydrogen-bond donors (Lipinski definition) is 3. The standard InChI is InChI=1S/C17H13N3O3/c21-15-8-4-2-6-13(15)17(23)20-18-10-12-9-11-5-1-3-7-14(11)19-16(12)22/h1-10,21H,(H,19,22)(H,20,23). The van der Waals surface area contributed by atoms with Crippen molar-refractivity contribution in [2.24, 2.45) is 5.10 Å². The Bertz CT molecular complexity index is 960. The van der Waals surface area contributed by atoms with Crippen LogP contribution in [0.3, 0.4) is 0 Å². The zero-order valence-electron chi connectivity index (χ0n) is 12.0. The van der Waals surface area contributed by atoms with Crippen molar-refractivity contribution in [2.45, 2.75) is 0 Å². The van der Waals surface area contributed by atoms with Gasteiger partial charge in [0.25, 0.3) is 11.5 Å². The number of carbonyl (C=O) groups excluding carboxylic acids is 1. The maximum Gasteiger partial charge on any atom is 0.275 e. The van der Waals surface area contributed by atoms with Gasteiger partial charge in [-0.25, -0.2) is 5.43 Å². The van der Waals surface area contributed by atoms with Crippen LogP contribution in [0, 0.1) is 0 Å². The number of pyridine rings is 1. The Kier molecular flexibility index (Phi) is 3.88. The van der Waals surface area contributed by atoms with Gasteiger partial charge < -0.3 is 10.1 Å². The molecule has 6 nitrogen and oxygen atoms in total. The fraction of sp³-hybridized carbons (Fsp3) is 0. The number of aromatic nitrogens is 1. The van der Waals surface area contributed by atoms with Crippen molar-refractivity contribution in [3.05, 3.63) is 76.1 Å². The SMILES string of the molecule is O=C(NN=Cc1cc2ccccc2[nH]c1=O)c1ccccc1O. The Morgan fingerprint density at radius 3 is 2.70 bits per heavy atom. The van der Waals surface area contributed by atoms with E-state index < -0.39 is 5.91 Å². The number of nitrogens with zero attached hydrogens (tertiary/aromatic N) is 1. The molecule has 0 fully saturated rings. The van der Waals surface area contributed by atoms with Gasteiger partial charge in [0.05, 0.1) is 17.3 Å². The van der Waals surface area contributed by atoms with Crippen molar-refractivity contribution in [3.8, 4) is 5.75 Å². The number of hydrazone groups is 1. The predicted molar refractivity (Wildman–Crippen MR) is 87.7 cm³/mol.